The third-order valence-corrected chi connectivity index (χ3v) is 4.70. The number of hydrogen-bond donors (Lipinski definition) is 3. The lowest BCUT2D eigenvalue weighted by Crippen LogP contribution is -2.35. The maximum Gasteiger partial charge on any atom is 0.327 e. The summed E-state index contributed by atoms with van der Waals surface area (Å²) in [5.74, 6) is 1.44. The molecule has 2 aromatic rings. The Kier molecular flexibility index (Phi) is 7.31. The molecule has 4 amide bonds. The Morgan fingerprint density at radius 3 is 2.50 bits per heavy atom. The van der Waals surface area contributed by atoms with Gasteiger partial charge in [0.25, 0.3) is 0 Å². The Bertz CT molecular complexity index is 895. The lowest BCUT2D eigenvalue weighted by Gasteiger charge is -2.20. The predicted molar refractivity (Wildman–Crippen MR) is 111 cm³/mol. The van der Waals surface area contributed by atoms with Crippen molar-refractivity contribution >= 4 is 29.5 Å². The average molecular weight is 411 g/mol. The molecule has 3 N–H and O–H groups in total. The zero-order valence-electron chi connectivity index (χ0n) is 16.8. The van der Waals surface area contributed by atoms with E-state index in [4.69, 9.17) is 4.74 Å². The SMILES string of the molecule is CC(=O)Nc1cc(Oc2ccc(NC(=O)NC(=O)CC3CCCCC3)nc2)ccn1. The first-order valence-electron chi connectivity index (χ1n) is 9.96. The number of nitrogens with one attached hydrogen (secondary N) is 3. The molecule has 158 valence electrons. The number of carbonyl (C=O) groups is 3. The van der Waals surface area contributed by atoms with E-state index < -0.39 is 6.03 Å². The molecule has 0 atom stereocenters. The number of anilines is 2. The smallest absolute Gasteiger partial charge is 0.327 e. The Balaban J connectivity index is 1.48. The summed E-state index contributed by atoms with van der Waals surface area (Å²) < 4.78 is 5.67. The highest BCUT2D eigenvalue weighted by Crippen LogP contribution is 2.26. The van der Waals surface area contributed by atoms with Gasteiger partial charge in [-0.15, -0.1) is 0 Å². The minimum absolute atomic E-state index is 0.229. The van der Waals surface area contributed by atoms with Crippen LogP contribution < -0.4 is 20.7 Å². The topological polar surface area (TPSA) is 122 Å². The fourth-order valence-electron chi connectivity index (χ4n) is 3.35. The van der Waals surface area contributed by atoms with Gasteiger partial charge in [0.15, 0.2) is 0 Å². The van der Waals surface area contributed by atoms with Crippen LogP contribution in [-0.2, 0) is 9.59 Å². The quantitative estimate of drug-likeness (QED) is 0.664. The second-order valence-corrected chi connectivity index (χ2v) is 7.25. The van der Waals surface area contributed by atoms with Gasteiger partial charge in [-0.2, -0.15) is 0 Å². The summed E-state index contributed by atoms with van der Waals surface area (Å²) in [5, 5.41) is 7.46. The molecule has 2 heterocycles. The van der Waals surface area contributed by atoms with Crippen LogP contribution in [-0.4, -0.2) is 27.8 Å². The lowest BCUT2D eigenvalue weighted by molar-refractivity contribution is -0.121. The number of hydrogen-bond acceptors (Lipinski definition) is 6. The molecule has 0 spiro atoms. The molecule has 1 aliphatic carbocycles. The van der Waals surface area contributed by atoms with Crippen LogP contribution in [0.15, 0.2) is 36.7 Å². The molecule has 0 unspecified atom stereocenters. The summed E-state index contributed by atoms with van der Waals surface area (Å²) in [5.41, 5.74) is 0. The third-order valence-electron chi connectivity index (χ3n) is 4.70. The van der Waals surface area contributed by atoms with E-state index in [0.29, 0.717) is 35.5 Å². The molecule has 1 aliphatic rings. The van der Waals surface area contributed by atoms with Crippen LogP contribution in [0.1, 0.15) is 45.4 Å². The highest BCUT2D eigenvalue weighted by atomic mass is 16.5. The largest absolute Gasteiger partial charge is 0.456 e. The monoisotopic (exact) mass is 411 g/mol. The number of rotatable bonds is 6. The van der Waals surface area contributed by atoms with Gasteiger partial charge in [0, 0.05) is 25.6 Å². The molecule has 9 nitrogen and oxygen atoms in total. The van der Waals surface area contributed by atoms with Gasteiger partial charge >= 0.3 is 6.03 Å². The molecule has 0 saturated heterocycles. The lowest BCUT2D eigenvalue weighted by atomic mass is 9.87. The summed E-state index contributed by atoms with van der Waals surface area (Å²) >= 11 is 0. The Labute approximate surface area is 174 Å². The van der Waals surface area contributed by atoms with Crippen molar-refractivity contribution in [1.29, 1.82) is 0 Å². The second-order valence-electron chi connectivity index (χ2n) is 7.25. The van der Waals surface area contributed by atoms with E-state index in [1.54, 1.807) is 24.3 Å². The fraction of sp³-hybridized carbons (Fsp3) is 0.381. The molecule has 0 aliphatic heterocycles. The van der Waals surface area contributed by atoms with E-state index in [1.807, 2.05) is 0 Å². The molecular weight excluding hydrogens is 386 g/mol. The van der Waals surface area contributed by atoms with Crippen molar-refractivity contribution in [2.24, 2.45) is 5.92 Å². The van der Waals surface area contributed by atoms with Crippen LogP contribution in [0.5, 0.6) is 11.5 Å². The molecule has 0 bridgehead atoms. The van der Waals surface area contributed by atoms with Crippen molar-refractivity contribution in [1.82, 2.24) is 15.3 Å². The van der Waals surface area contributed by atoms with Crippen LogP contribution in [0.2, 0.25) is 0 Å². The number of carbonyl (C=O) groups excluding carboxylic acids is 3. The molecule has 9 heteroatoms. The van der Waals surface area contributed by atoms with Gasteiger partial charge in [0.1, 0.15) is 23.1 Å². The van der Waals surface area contributed by atoms with Gasteiger partial charge in [-0.05, 0) is 37.0 Å². The zero-order chi connectivity index (χ0) is 21.3. The van der Waals surface area contributed by atoms with Gasteiger partial charge in [-0.1, -0.05) is 19.3 Å². The number of imide groups is 1. The number of pyridine rings is 2. The predicted octanol–water partition coefficient (Wildman–Crippen LogP) is 3.85. The van der Waals surface area contributed by atoms with Crippen molar-refractivity contribution < 1.29 is 19.1 Å². The number of nitrogens with zero attached hydrogens (tertiary/aromatic N) is 2. The fourth-order valence-corrected chi connectivity index (χ4v) is 3.35. The Morgan fingerprint density at radius 2 is 1.80 bits per heavy atom. The number of ether oxygens (including phenoxy) is 1. The normalized spacial score (nSPS) is 13.9. The van der Waals surface area contributed by atoms with Crippen molar-refractivity contribution in [3.63, 3.8) is 0 Å². The second kappa shape index (κ2) is 10.3. The Hall–Kier alpha value is -3.49. The standard InChI is InChI=1S/C21H25N5O4/c1-14(27)24-19-12-16(9-10-22-19)30-17-7-8-18(23-13-17)25-21(29)26-20(28)11-15-5-3-2-4-6-15/h7-10,12-13,15H,2-6,11H2,1H3,(H,22,24,27)(H2,23,25,26,28,29). The van der Waals surface area contributed by atoms with E-state index in [0.717, 1.165) is 25.7 Å². The first-order valence-corrected chi connectivity index (χ1v) is 9.96. The summed E-state index contributed by atoms with van der Waals surface area (Å²) in [6.45, 7) is 1.39. The Morgan fingerprint density at radius 1 is 1.00 bits per heavy atom. The average Bonchev–Trinajstić information content (AvgIpc) is 2.70. The number of amides is 4. The van der Waals surface area contributed by atoms with E-state index >= 15 is 0 Å². The number of urea groups is 1. The maximum atomic E-state index is 12.0. The summed E-state index contributed by atoms with van der Waals surface area (Å²) in [7, 11) is 0. The van der Waals surface area contributed by atoms with Gasteiger partial charge in [-0.25, -0.2) is 14.8 Å². The van der Waals surface area contributed by atoms with Gasteiger partial charge in [0.05, 0.1) is 6.20 Å². The third kappa shape index (κ3) is 6.84. The van der Waals surface area contributed by atoms with Crippen LogP contribution >= 0.6 is 0 Å². The highest BCUT2D eigenvalue weighted by Gasteiger charge is 2.18. The van der Waals surface area contributed by atoms with Crippen molar-refractivity contribution in [2.45, 2.75) is 45.4 Å². The van der Waals surface area contributed by atoms with E-state index in [-0.39, 0.29) is 11.8 Å². The van der Waals surface area contributed by atoms with E-state index in [1.165, 1.54) is 25.7 Å². The summed E-state index contributed by atoms with van der Waals surface area (Å²) in [4.78, 5) is 43.3. The van der Waals surface area contributed by atoms with Crippen LogP contribution in [0.4, 0.5) is 16.4 Å². The molecule has 0 radical (unpaired) electrons. The zero-order valence-corrected chi connectivity index (χ0v) is 16.8. The first-order chi connectivity index (χ1) is 14.5. The highest BCUT2D eigenvalue weighted by molar-refractivity contribution is 6.00. The van der Waals surface area contributed by atoms with Crippen molar-refractivity contribution in [3.8, 4) is 11.5 Å². The molecule has 3 rings (SSSR count). The van der Waals surface area contributed by atoms with Gasteiger partial charge in [-0.3, -0.25) is 20.2 Å². The van der Waals surface area contributed by atoms with Crippen LogP contribution in [0.3, 0.4) is 0 Å². The van der Waals surface area contributed by atoms with E-state index in [9.17, 15) is 14.4 Å². The van der Waals surface area contributed by atoms with Crippen LogP contribution in [0, 0.1) is 5.92 Å². The molecular formula is C21H25N5O4. The van der Waals surface area contributed by atoms with E-state index in [2.05, 4.69) is 25.9 Å². The maximum absolute atomic E-state index is 12.0. The molecule has 1 saturated carbocycles. The van der Waals surface area contributed by atoms with Gasteiger partial charge in [0.2, 0.25) is 11.8 Å². The molecule has 30 heavy (non-hydrogen) atoms. The van der Waals surface area contributed by atoms with Crippen molar-refractivity contribution in [2.75, 3.05) is 10.6 Å². The van der Waals surface area contributed by atoms with Gasteiger partial charge < -0.3 is 10.1 Å². The van der Waals surface area contributed by atoms with Crippen molar-refractivity contribution in [3.05, 3.63) is 36.7 Å². The van der Waals surface area contributed by atoms with Crippen LogP contribution in [0.25, 0.3) is 0 Å². The molecule has 0 aromatic carbocycles. The minimum atomic E-state index is -0.605. The summed E-state index contributed by atoms with van der Waals surface area (Å²) in [6.07, 6.45) is 8.94. The molecule has 1 fully saturated rings. The summed E-state index contributed by atoms with van der Waals surface area (Å²) in [6, 6.07) is 5.81. The number of aromatic nitrogens is 2. The molecule has 2 aromatic heterocycles. The first kappa shape index (κ1) is 21.2. The minimum Gasteiger partial charge on any atom is -0.456 e.